The van der Waals surface area contributed by atoms with E-state index in [0.717, 1.165) is 5.56 Å². The summed E-state index contributed by atoms with van der Waals surface area (Å²) in [5, 5.41) is 13.0. The minimum Gasteiger partial charge on any atom is -0.326 e. The summed E-state index contributed by atoms with van der Waals surface area (Å²) in [5.41, 5.74) is 2.19. The highest BCUT2D eigenvalue weighted by atomic mass is 32.1. The van der Waals surface area contributed by atoms with Crippen LogP contribution in [0.1, 0.15) is 37.3 Å². The minimum atomic E-state index is -0.433. The topological polar surface area (TPSA) is 106 Å². The average Bonchev–Trinajstić information content (AvgIpc) is 3.22. The number of nitrogens with one attached hydrogen (secondary N) is 2. The fraction of sp³-hybridized carbons (Fsp3) is 0.174. The van der Waals surface area contributed by atoms with Crippen molar-refractivity contribution < 1.29 is 9.59 Å². The molecule has 2 heterocycles. The number of hydrogen-bond acceptors (Lipinski definition) is 6. The van der Waals surface area contributed by atoms with Crippen molar-refractivity contribution in [1.29, 1.82) is 0 Å². The first-order valence-electron chi connectivity index (χ1n) is 10.00. The fourth-order valence-electron chi connectivity index (χ4n) is 3.27. The van der Waals surface area contributed by atoms with Gasteiger partial charge < -0.3 is 5.32 Å². The highest BCUT2D eigenvalue weighted by Gasteiger charge is 2.19. The van der Waals surface area contributed by atoms with E-state index in [4.69, 9.17) is 0 Å². The summed E-state index contributed by atoms with van der Waals surface area (Å²) >= 11 is 1.29. The lowest BCUT2D eigenvalue weighted by molar-refractivity contribution is -0.114. The molecule has 2 amide bonds. The van der Waals surface area contributed by atoms with E-state index in [1.54, 1.807) is 36.4 Å². The third-order valence-electron chi connectivity index (χ3n) is 4.76. The third-order valence-corrected chi connectivity index (χ3v) is 5.52. The summed E-state index contributed by atoms with van der Waals surface area (Å²) in [4.78, 5) is 41.4. The van der Waals surface area contributed by atoms with E-state index in [2.05, 4.69) is 20.7 Å². The van der Waals surface area contributed by atoms with E-state index < -0.39 is 5.91 Å². The summed E-state index contributed by atoms with van der Waals surface area (Å²) in [6, 6.07) is 14.0. The van der Waals surface area contributed by atoms with Crippen LogP contribution >= 0.6 is 11.3 Å². The number of aromatic nitrogens is 3. The van der Waals surface area contributed by atoms with Crippen molar-refractivity contribution in [1.82, 2.24) is 14.8 Å². The number of carbonyl (C=O) groups is 2. The van der Waals surface area contributed by atoms with Crippen LogP contribution in [0.25, 0.3) is 22.0 Å². The number of amides is 2. The lowest BCUT2D eigenvalue weighted by atomic mass is 10.1. The number of hydrogen-bond donors (Lipinski definition) is 2. The van der Waals surface area contributed by atoms with Gasteiger partial charge in [-0.25, -0.2) is 9.67 Å². The van der Waals surface area contributed by atoms with Crippen LogP contribution < -0.4 is 16.2 Å². The van der Waals surface area contributed by atoms with Crippen LogP contribution in [0.4, 0.5) is 10.8 Å². The Balaban J connectivity index is 1.61. The van der Waals surface area contributed by atoms with Crippen molar-refractivity contribution in [2.45, 2.75) is 26.8 Å². The van der Waals surface area contributed by atoms with Gasteiger partial charge in [0.25, 0.3) is 11.5 Å². The second-order valence-electron chi connectivity index (χ2n) is 7.49. The number of benzene rings is 2. The van der Waals surface area contributed by atoms with E-state index in [1.807, 2.05) is 31.4 Å². The molecule has 0 aliphatic heterocycles. The second kappa shape index (κ2) is 8.72. The average molecular weight is 448 g/mol. The van der Waals surface area contributed by atoms with Crippen molar-refractivity contribution in [3.8, 4) is 11.3 Å². The van der Waals surface area contributed by atoms with Gasteiger partial charge in [-0.1, -0.05) is 30.3 Å². The smallest absolute Gasteiger partial charge is 0.278 e. The molecular formula is C23H21N5O3S. The molecule has 2 N–H and O–H groups in total. The van der Waals surface area contributed by atoms with Gasteiger partial charge in [0.2, 0.25) is 5.91 Å². The largest absolute Gasteiger partial charge is 0.326 e. The molecule has 0 atom stereocenters. The van der Waals surface area contributed by atoms with Crippen molar-refractivity contribution in [3.63, 3.8) is 0 Å². The Morgan fingerprint density at radius 2 is 1.69 bits per heavy atom. The monoisotopic (exact) mass is 447 g/mol. The number of thiazole rings is 1. The molecule has 2 aromatic heterocycles. The highest BCUT2D eigenvalue weighted by Crippen LogP contribution is 2.26. The van der Waals surface area contributed by atoms with Gasteiger partial charge in [0.1, 0.15) is 0 Å². The van der Waals surface area contributed by atoms with Crippen LogP contribution in [-0.2, 0) is 4.79 Å². The molecule has 0 unspecified atom stereocenters. The van der Waals surface area contributed by atoms with Gasteiger partial charge in [0, 0.05) is 28.9 Å². The number of rotatable bonds is 5. The molecule has 8 nitrogen and oxygen atoms in total. The third kappa shape index (κ3) is 4.28. The lowest BCUT2D eigenvalue weighted by Gasteiger charge is -2.12. The molecule has 2 aromatic carbocycles. The first-order chi connectivity index (χ1) is 15.3. The van der Waals surface area contributed by atoms with Gasteiger partial charge in [0.15, 0.2) is 10.8 Å². The SMILES string of the molecule is CC(=O)Nc1ccc(-c2csc(NC(=O)c3nn(C(C)C)c(=O)c4ccccc34)n2)cc1. The Hall–Kier alpha value is -3.85. The number of nitrogens with zero attached hydrogens (tertiary/aromatic N) is 3. The Morgan fingerprint density at radius 1 is 1.00 bits per heavy atom. The molecule has 4 rings (SSSR count). The van der Waals surface area contributed by atoms with Crippen LogP contribution in [0, 0.1) is 0 Å². The van der Waals surface area contributed by atoms with Gasteiger partial charge >= 0.3 is 0 Å². The van der Waals surface area contributed by atoms with E-state index in [1.165, 1.54) is 22.9 Å². The molecule has 162 valence electrons. The molecule has 32 heavy (non-hydrogen) atoms. The molecular weight excluding hydrogens is 426 g/mol. The molecule has 0 fully saturated rings. The fourth-order valence-corrected chi connectivity index (χ4v) is 3.99. The summed E-state index contributed by atoms with van der Waals surface area (Å²) in [7, 11) is 0. The maximum atomic E-state index is 13.0. The van der Waals surface area contributed by atoms with Gasteiger partial charge in [-0.3, -0.25) is 19.7 Å². The van der Waals surface area contributed by atoms with Crippen molar-refractivity contribution >= 4 is 44.7 Å². The molecule has 0 aliphatic carbocycles. The van der Waals surface area contributed by atoms with Crippen molar-refractivity contribution in [3.05, 3.63) is 70.0 Å². The van der Waals surface area contributed by atoms with Gasteiger partial charge in [0.05, 0.1) is 17.1 Å². The Kier molecular flexibility index (Phi) is 5.83. The number of fused-ring (bicyclic) bond motifs is 1. The summed E-state index contributed by atoms with van der Waals surface area (Å²) < 4.78 is 1.32. The normalized spacial score (nSPS) is 11.0. The number of anilines is 2. The Labute approximate surface area is 187 Å². The number of carbonyl (C=O) groups excluding carboxylic acids is 2. The van der Waals surface area contributed by atoms with Crippen LogP contribution in [-0.4, -0.2) is 26.6 Å². The molecule has 0 bridgehead atoms. The van der Waals surface area contributed by atoms with Gasteiger partial charge in [-0.2, -0.15) is 5.10 Å². The molecule has 0 radical (unpaired) electrons. The molecule has 0 spiro atoms. The van der Waals surface area contributed by atoms with Crippen LogP contribution in [0.5, 0.6) is 0 Å². The first kappa shape index (κ1) is 21.4. The van der Waals surface area contributed by atoms with Gasteiger partial charge in [-0.15, -0.1) is 11.3 Å². The maximum Gasteiger partial charge on any atom is 0.278 e. The maximum absolute atomic E-state index is 13.0. The molecule has 0 saturated carbocycles. The first-order valence-corrected chi connectivity index (χ1v) is 10.9. The predicted molar refractivity (Wildman–Crippen MR) is 126 cm³/mol. The summed E-state index contributed by atoms with van der Waals surface area (Å²) in [6.45, 7) is 5.14. The minimum absolute atomic E-state index is 0.138. The van der Waals surface area contributed by atoms with E-state index in [9.17, 15) is 14.4 Å². The van der Waals surface area contributed by atoms with Crippen LogP contribution in [0.2, 0.25) is 0 Å². The zero-order chi connectivity index (χ0) is 22.8. The quantitative estimate of drug-likeness (QED) is 0.474. The van der Waals surface area contributed by atoms with E-state index in [0.29, 0.717) is 27.3 Å². The Bertz CT molecular complexity index is 1370. The molecule has 9 heteroatoms. The predicted octanol–water partition coefficient (Wildman–Crippen LogP) is 4.31. The van der Waals surface area contributed by atoms with Crippen LogP contribution in [0.3, 0.4) is 0 Å². The van der Waals surface area contributed by atoms with Gasteiger partial charge in [-0.05, 0) is 32.0 Å². The Morgan fingerprint density at radius 3 is 2.34 bits per heavy atom. The summed E-state index contributed by atoms with van der Waals surface area (Å²) in [6.07, 6.45) is 0. The highest BCUT2D eigenvalue weighted by molar-refractivity contribution is 7.14. The molecule has 0 aliphatic rings. The molecule has 4 aromatic rings. The zero-order valence-electron chi connectivity index (χ0n) is 17.7. The second-order valence-corrected chi connectivity index (χ2v) is 8.35. The lowest BCUT2D eigenvalue weighted by Crippen LogP contribution is -2.28. The standard InChI is InChI=1S/C23H21N5O3S/c1-13(2)28-22(31)18-7-5-4-6-17(18)20(27-28)21(30)26-23-25-19(12-32-23)15-8-10-16(11-9-15)24-14(3)29/h4-13H,1-3H3,(H,24,29)(H,25,26,30). The zero-order valence-corrected chi connectivity index (χ0v) is 18.6. The van der Waals surface area contributed by atoms with E-state index in [-0.39, 0.29) is 23.2 Å². The van der Waals surface area contributed by atoms with Crippen molar-refractivity contribution in [2.24, 2.45) is 0 Å². The molecule has 0 saturated heterocycles. The van der Waals surface area contributed by atoms with E-state index >= 15 is 0 Å². The summed E-state index contributed by atoms with van der Waals surface area (Å²) in [5.74, 6) is -0.571. The van der Waals surface area contributed by atoms with Crippen LogP contribution in [0.15, 0.2) is 58.7 Å². The van der Waals surface area contributed by atoms with Crippen molar-refractivity contribution in [2.75, 3.05) is 10.6 Å².